The number of hydrogen-bond donors (Lipinski definition) is 2. The molecule has 6 rings (SSSR count). The van der Waals surface area contributed by atoms with Crippen molar-refractivity contribution in [3.63, 3.8) is 0 Å². The van der Waals surface area contributed by atoms with Crippen LogP contribution in [0.1, 0.15) is 40.7 Å². The highest BCUT2D eigenvalue weighted by atomic mass is 35.5. The second-order valence-corrected chi connectivity index (χ2v) is 10.4. The van der Waals surface area contributed by atoms with Crippen LogP contribution in [0.3, 0.4) is 0 Å². The summed E-state index contributed by atoms with van der Waals surface area (Å²) in [6, 6.07) is 18.7. The molecule has 1 aliphatic heterocycles. The number of nitrogens with zero attached hydrogens (tertiary/aromatic N) is 1. The first-order valence-corrected chi connectivity index (χ1v) is 12.9. The minimum absolute atomic E-state index is 0.0697. The van der Waals surface area contributed by atoms with E-state index in [0.29, 0.717) is 24.0 Å². The maximum atomic E-state index is 13.8. The first-order valence-electron chi connectivity index (χ1n) is 12.6. The van der Waals surface area contributed by atoms with Crippen LogP contribution >= 0.6 is 11.6 Å². The van der Waals surface area contributed by atoms with Crippen LogP contribution in [0.4, 0.5) is 4.39 Å². The van der Waals surface area contributed by atoms with Crippen LogP contribution in [0.2, 0.25) is 5.02 Å². The number of fused-ring (bicyclic) bond motifs is 1. The predicted molar refractivity (Wildman–Crippen MR) is 144 cm³/mol. The molecule has 1 saturated carbocycles. The Morgan fingerprint density at radius 1 is 1.16 bits per heavy atom. The van der Waals surface area contributed by atoms with Crippen molar-refractivity contribution in [2.75, 3.05) is 13.2 Å². The number of rotatable bonds is 7. The van der Waals surface area contributed by atoms with Gasteiger partial charge in [-0.1, -0.05) is 29.8 Å². The Balaban J connectivity index is 1.33. The molecule has 7 heteroatoms. The summed E-state index contributed by atoms with van der Waals surface area (Å²) < 4.78 is 19.8. The van der Waals surface area contributed by atoms with Crippen LogP contribution in [-0.2, 0) is 5.54 Å². The third-order valence-corrected chi connectivity index (χ3v) is 7.71. The summed E-state index contributed by atoms with van der Waals surface area (Å²) in [5.41, 5.74) is 4.48. The van der Waals surface area contributed by atoms with Gasteiger partial charge in [0.25, 0.3) is 5.91 Å². The SMILES string of the molecule is Cc1ccc(OC[C@@H]2CCN2)cc1C(=O)NC1(c2cc(-c3ccc(F)c(Cl)c3)cc3ncccc23)CC1. The first-order chi connectivity index (χ1) is 17.9. The zero-order chi connectivity index (χ0) is 25.6. The van der Waals surface area contributed by atoms with Crippen molar-refractivity contribution in [3.05, 3.63) is 94.4 Å². The van der Waals surface area contributed by atoms with Crippen LogP contribution in [-0.4, -0.2) is 30.1 Å². The summed E-state index contributed by atoms with van der Waals surface area (Å²) in [7, 11) is 0. The summed E-state index contributed by atoms with van der Waals surface area (Å²) in [5.74, 6) is 0.106. The Morgan fingerprint density at radius 3 is 2.73 bits per heavy atom. The highest BCUT2D eigenvalue weighted by Crippen LogP contribution is 2.49. The molecule has 2 aliphatic rings. The molecule has 1 amide bonds. The molecule has 2 heterocycles. The van der Waals surface area contributed by atoms with E-state index in [9.17, 15) is 9.18 Å². The molecule has 1 aromatic heterocycles. The fourth-order valence-electron chi connectivity index (χ4n) is 4.92. The van der Waals surface area contributed by atoms with E-state index in [-0.39, 0.29) is 10.9 Å². The standard InChI is InChI=1S/C30H27ClFN3O2/c1-18-4-6-22(37-17-21-8-12-33-21)16-24(18)29(36)35-30(9-10-30)25-13-20(15-28-23(25)3-2-11-34-28)19-5-7-27(32)26(31)14-19/h2-7,11,13-16,21,33H,8-10,12,17H2,1H3,(H,35,36)/t21-/m0/s1. The minimum atomic E-state index is -0.503. The molecular weight excluding hydrogens is 489 g/mol. The first kappa shape index (κ1) is 23.9. The lowest BCUT2D eigenvalue weighted by molar-refractivity contribution is 0.0930. The maximum Gasteiger partial charge on any atom is 0.252 e. The van der Waals surface area contributed by atoms with Gasteiger partial charge in [0.15, 0.2) is 0 Å². The van der Waals surface area contributed by atoms with Crippen molar-refractivity contribution in [1.82, 2.24) is 15.6 Å². The summed E-state index contributed by atoms with van der Waals surface area (Å²) in [6.07, 6.45) is 4.49. The zero-order valence-electron chi connectivity index (χ0n) is 20.5. The van der Waals surface area contributed by atoms with Crippen molar-refractivity contribution in [3.8, 4) is 16.9 Å². The smallest absolute Gasteiger partial charge is 0.252 e. The largest absolute Gasteiger partial charge is 0.492 e. The lowest BCUT2D eigenvalue weighted by Gasteiger charge is -2.27. The van der Waals surface area contributed by atoms with Crippen molar-refractivity contribution >= 4 is 28.4 Å². The van der Waals surface area contributed by atoms with E-state index >= 15 is 0 Å². The number of halogens is 2. The number of pyridine rings is 1. The highest BCUT2D eigenvalue weighted by molar-refractivity contribution is 6.31. The number of aryl methyl sites for hydroxylation is 1. The summed E-state index contributed by atoms with van der Waals surface area (Å²) >= 11 is 6.08. The van der Waals surface area contributed by atoms with Crippen LogP contribution < -0.4 is 15.4 Å². The van der Waals surface area contributed by atoms with Gasteiger partial charge in [-0.3, -0.25) is 9.78 Å². The van der Waals surface area contributed by atoms with Gasteiger partial charge in [-0.2, -0.15) is 0 Å². The van der Waals surface area contributed by atoms with Crippen LogP contribution in [0, 0.1) is 12.7 Å². The van der Waals surface area contributed by atoms with Gasteiger partial charge in [0, 0.05) is 23.2 Å². The Morgan fingerprint density at radius 2 is 2.00 bits per heavy atom. The molecule has 2 fully saturated rings. The third-order valence-electron chi connectivity index (χ3n) is 7.42. The summed E-state index contributed by atoms with van der Waals surface area (Å²) in [5, 5.41) is 7.70. The van der Waals surface area contributed by atoms with Gasteiger partial charge >= 0.3 is 0 Å². The van der Waals surface area contributed by atoms with E-state index in [1.54, 1.807) is 18.3 Å². The number of hydrogen-bond acceptors (Lipinski definition) is 4. The topological polar surface area (TPSA) is 63.2 Å². The molecule has 188 valence electrons. The lowest BCUT2D eigenvalue weighted by atomic mass is 9.93. The summed E-state index contributed by atoms with van der Waals surface area (Å²) in [4.78, 5) is 18.1. The Labute approximate surface area is 220 Å². The van der Waals surface area contributed by atoms with Gasteiger partial charge in [-0.05, 0) is 97.4 Å². The molecule has 37 heavy (non-hydrogen) atoms. The van der Waals surface area contributed by atoms with E-state index in [0.717, 1.165) is 59.0 Å². The number of aromatic nitrogens is 1. The van der Waals surface area contributed by atoms with Gasteiger partial charge in [0.1, 0.15) is 18.2 Å². The Hall–Kier alpha value is -3.48. The number of carbonyl (C=O) groups is 1. The molecule has 0 radical (unpaired) electrons. The molecule has 4 aromatic rings. The second-order valence-electron chi connectivity index (χ2n) is 9.99. The van der Waals surface area contributed by atoms with Crippen molar-refractivity contribution < 1.29 is 13.9 Å². The predicted octanol–water partition coefficient (Wildman–Crippen LogP) is 6.16. The molecule has 0 spiro atoms. The van der Waals surface area contributed by atoms with E-state index < -0.39 is 11.4 Å². The van der Waals surface area contributed by atoms with Gasteiger partial charge < -0.3 is 15.4 Å². The molecule has 1 atom stereocenters. The van der Waals surface area contributed by atoms with Gasteiger partial charge in [-0.15, -0.1) is 0 Å². The van der Waals surface area contributed by atoms with Crippen molar-refractivity contribution in [1.29, 1.82) is 0 Å². The van der Waals surface area contributed by atoms with Crippen molar-refractivity contribution in [2.24, 2.45) is 0 Å². The number of ether oxygens (including phenoxy) is 1. The van der Waals surface area contributed by atoms with Gasteiger partial charge in [0.2, 0.25) is 0 Å². The monoisotopic (exact) mass is 515 g/mol. The van der Waals surface area contributed by atoms with E-state index in [4.69, 9.17) is 16.3 Å². The van der Waals surface area contributed by atoms with Gasteiger partial charge in [-0.25, -0.2) is 4.39 Å². The fraction of sp³-hybridized carbons (Fsp3) is 0.267. The van der Waals surface area contributed by atoms with Crippen molar-refractivity contribution in [2.45, 2.75) is 37.8 Å². The quantitative estimate of drug-likeness (QED) is 0.309. The highest BCUT2D eigenvalue weighted by Gasteiger charge is 2.47. The lowest BCUT2D eigenvalue weighted by Crippen LogP contribution is -2.46. The molecule has 5 nitrogen and oxygen atoms in total. The average Bonchev–Trinajstić information content (AvgIpc) is 3.65. The van der Waals surface area contributed by atoms with Crippen LogP contribution in [0.5, 0.6) is 5.75 Å². The van der Waals surface area contributed by atoms with Gasteiger partial charge in [0.05, 0.1) is 16.1 Å². The number of amides is 1. The fourth-order valence-corrected chi connectivity index (χ4v) is 5.10. The molecule has 1 aliphatic carbocycles. The average molecular weight is 516 g/mol. The zero-order valence-corrected chi connectivity index (χ0v) is 21.2. The summed E-state index contributed by atoms with van der Waals surface area (Å²) in [6.45, 7) is 3.55. The van der Waals surface area contributed by atoms with Crippen LogP contribution in [0.15, 0.2) is 66.9 Å². The molecule has 2 N–H and O–H groups in total. The number of carbonyl (C=O) groups excluding carboxylic acids is 1. The molecular formula is C30H27ClFN3O2. The van der Waals surface area contributed by atoms with E-state index in [1.165, 1.54) is 6.07 Å². The van der Waals surface area contributed by atoms with Crippen LogP contribution in [0.25, 0.3) is 22.0 Å². The Bertz CT molecular complexity index is 1510. The number of benzene rings is 3. The minimum Gasteiger partial charge on any atom is -0.492 e. The molecule has 0 bridgehead atoms. The second kappa shape index (κ2) is 9.43. The normalized spacial score (nSPS) is 17.8. The third kappa shape index (κ3) is 4.67. The molecule has 0 unspecified atom stereocenters. The molecule has 3 aromatic carbocycles. The maximum absolute atomic E-state index is 13.8. The Kier molecular flexibility index (Phi) is 6.09. The van der Waals surface area contributed by atoms with E-state index in [1.807, 2.05) is 43.3 Å². The number of nitrogens with one attached hydrogen (secondary N) is 2. The van der Waals surface area contributed by atoms with E-state index in [2.05, 4.69) is 21.7 Å². The molecule has 1 saturated heterocycles.